The van der Waals surface area contributed by atoms with Crippen molar-refractivity contribution in [2.75, 3.05) is 6.54 Å². The van der Waals surface area contributed by atoms with E-state index >= 15 is 0 Å². The van der Waals surface area contributed by atoms with E-state index in [0.717, 1.165) is 30.4 Å². The molecule has 0 aromatic carbocycles. The Morgan fingerprint density at radius 1 is 1.05 bits per heavy atom. The van der Waals surface area contributed by atoms with Crippen LogP contribution in [0.5, 0.6) is 0 Å². The van der Waals surface area contributed by atoms with E-state index < -0.39 is 68.5 Å². The molecule has 2 aliphatic heterocycles. The fourth-order valence-corrected chi connectivity index (χ4v) is 5.71. The number of carbonyl (C=O) groups is 4. The number of alkyl halides is 3. The second-order valence-corrected chi connectivity index (χ2v) is 13.5. The van der Waals surface area contributed by atoms with Gasteiger partial charge in [-0.1, -0.05) is 37.8 Å². The molecule has 1 saturated heterocycles. The lowest BCUT2D eigenvalue weighted by molar-refractivity contribution is -0.141. The molecule has 3 aliphatic rings. The molecule has 3 rings (SSSR count). The van der Waals surface area contributed by atoms with Gasteiger partial charge in [-0.2, -0.15) is 21.6 Å². The Hall–Kier alpha value is -2.84. The predicted molar refractivity (Wildman–Crippen MR) is 141 cm³/mol. The largest absolute Gasteiger partial charge is 0.516 e. The number of nitrogens with zero attached hydrogens (tertiary/aromatic N) is 1. The summed E-state index contributed by atoms with van der Waals surface area (Å²) in [7, 11) is -6.00. The Balaban J connectivity index is 1.86. The van der Waals surface area contributed by atoms with Crippen LogP contribution in [0.1, 0.15) is 85.0 Å². The molecular weight excluding hydrogens is 569 g/mol. The molecule has 41 heavy (non-hydrogen) atoms. The summed E-state index contributed by atoms with van der Waals surface area (Å²) in [6.07, 6.45) is 8.09. The minimum atomic E-state index is -6.00. The second-order valence-electron chi connectivity index (χ2n) is 11.8. The number of amides is 4. The average Bonchev–Trinajstić information content (AvgIpc) is 3.29. The fraction of sp³-hybridized carbons (Fsp3) is 0.769. The zero-order chi connectivity index (χ0) is 30.6. The van der Waals surface area contributed by atoms with Gasteiger partial charge in [-0.3, -0.25) is 14.4 Å². The van der Waals surface area contributed by atoms with Gasteiger partial charge in [-0.05, 0) is 59.3 Å². The zero-order valence-corrected chi connectivity index (χ0v) is 24.3. The SMILES string of the molecule is CC(C)(C)OC(=O)NC1CCCCCCC/C=C\[C@@H]2C[C@@]2(C(=O)NS(=O)(=O)C(F)(F)F)NC(=O)[C@@H]2CCCN2C1=O. The molecule has 0 aromatic rings. The molecule has 15 heteroatoms. The summed E-state index contributed by atoms with van der Waals surface area (Å²) < 4.78 is 68.6. The van der Waals surface area contributed by atoms with Gasteiger partial charge in [0.25, 0.3) is 5.91 Å². The third-order valence-electron chi connectivity index (χ3n) is 7.36. The first-order valence-electron chi connectivity index (χ1n) is 13.9. The van der Waals surface area contributed by atoms with E-state index in [9.17, 15) is 40.8 Å². The highest BCUT2D eigenvalue weighted by atomic mass is 32.2. The molecule has 1 aliphatic carbocycles. The van der Waals surface area contributed by atoms with Crippen LogP contribution < -0.4 is 15.4 Å². The van der Waals surface area contributed by atoms with Crippen molar-refractivity contribution in [3.63, 3.8) is 0 Å². The molecule has 4 amide bonds. The number of halogens is 3. The van der Waals surface area contributed by atoms with E-state index in [0.29, 0.717) is 25.7 Å². The van der Waals surface area contributed by atoms with Crippen LogP contribution >= 0.6 is 0 Å². The van der Waals surface area contributed by atoms with Crippen molar-refractivity contribution in [3.8, 4) is 0 Å². The highest BCUT2D eigenvalue weighted by Gasteiger charge is 2.62. The summed E-state index contributed by atoms with van der Waals surface area (Å²) in [4.78, 5) is 53.8. The van der Waals surface area contributed by atoms with Crippen LogP contribution in [0.4, 0.5) is 18.0 Å². The third kappa shape index (κ3) is 8.35. The Labute approximate surface area is 238 Å². The van der Waals surface area contributed by atoms with Gasteiger partial charge in [0.15, 0.2) is 0 Å². The minimum absolute atomic E-state index is 0.0993. The monoisotopic (exact) mass is 608 g/mol. The van der Waals surface area contributed by atoms with E-state index in [-0.39, 0.29) is 19.4 Å². The number of hydrogen-bond acceptors (Lipinski definition) is 7. The lowest BCUT2D eigenvalue weighted by atomic mass is 10.0. The van der Waals surface area contributed by atoms with Crippen LogP contribution in [0, 0.1) is 5.92 Å². The van der Waals surface area contributed by atoms with Gasteiger partial charge in [0.1, 0.15) is 23.2 Å². The van der Waals surface area contributed by atoms with Crippen LogP contribution in [0.3, 0.4) is 0 Å². The molecule has 0 aromatic heterocycles. The van der Waals surface area contributed by atoms with Crippen LogP contribution in [-0.4, -0.2) is 72.4 Å². The Kier molecular flexibility index (Phi) is 10.0. The van der Waals surface area contributed by atoms with E-state index in [1.54, 1.807) is 32.9 Å². The first-order valence-corrected chi connectivity index (χ1v) is 15.4. The second kappa shape index (κ2) is 12.6. The van der Waals surface area contributed by atoms with Crippen molar-refractivity contribution in [2.45, 2.75) is 114 Å². The van der Waals surface area contributed by atoms with Gasteiger partial charge in [-0.25, -0.2) is 9.52 Å². The highest BCUT2D eigenvalue weighted by molar-refractivity contribution is 7.90. The van der Waals surface area contributed by atoms with Crippen molar-refractivity contribution >= 4 is 33.8 Å². The van der Waals surface area contributed by atoms with Gasteiger partial charge in [0, 0.05) is 12.5 Å². The third-order valence-corrected chi connectivity index (χ3v) is 8.42. The van der Waals surface area contributed by atoms with Crippen molar-refractivity contribution in [1.29, 1.82) is 0 Å². The number of rotatable bonds is 3. The Morgan fingerprint density at radius 3 is 2.37 bits per heavy atom. The molecule has 232 valence electrons. The molecule has 2 fully saturated rings. The molecule has 0 bridgehead atoms. The van der Waals surface area contributed by atoms with Crippen molar-refractivity contribution < 1.29 is 45.5 Å². The van der Waals surface area contributed by atoms with Crippen LogP contribution in [-0.2, 0) is 29.1 Å². The number of ether oxygens (including phenoxy) is 1. The van der Waals surface area contributed by atoms with Gasteiger partial charge < -0.3 is 20.3 Å². The lowest BCUT2D eigenvalue weighted by Crippen LogP contribution is -2.59. The van der Waals surface area contributed by atoms with Gasteiger partial charge in [0.2, 0.25) is 11.8 Å². The van der Waals surface area contributed by atoms with E-state index in [1.807, 2.05) is 0 Å². The summed E-state index contributed by atoms with van der Waals surface area (Å²) in [6, 6.07) is -2.03. The van der Waals surface area contributed by atoms with Crippen LogP contribution in [0.2, 0.25) is 0 Å². The first kappa shape index (κ1) is 32.7. The number of fused-ring (bicyclic) bond motifs is 2. The zero-order valence-electron chi connectivity index (χ0n) is 23.5. The quantitative estimate of drug-likeness (QED) is 0.417. The van der Waals surface area contributed by atoms with E-state index in [2.05, 4.69) is 10.6 Å². The van der Waals surface area contributed by atoms with Crippen LogP contribution in [0.25, 0.3) is 0 Å². The fourth-order valence-electron chi connectivity index (χ4n) is 5.17. The number of allylic oxidation sites excluding steroid dienone is 1. The standard InChI is InChI=1S/C26H39F3N4O7S/c1-24(2,3)40-23(37)30-18-13-10-8-6-4-5-7-9-12-17-16-25(17,22(36)32-41(38,39)26(27,28)29)31-20(34)19-14-11-15-33(19)21(18)35/h9,12,17-19H,4-8,10-11,13-16H2,1-3H3,(H,30,37)(H,31,34)(H,32,36)/b12-9-/t17-,18?,19+,25-/m1/s1. The maximum Gasteiger partial charge on any atom is 0.516 e. The Morgan fingerprint density at radius 2 is 1.71 bits per heavy atom. The summed E-state index contributed by atoms with van der Waals surface area (Å²) in [5.74, 6) is -3.51. The molecule has 0 radical (unpaired) electrons. The van der Waals surface area contributed by atoms with Crippen molar-refractivity contribution in [2.24, 2.45) is 5.92 Å². The molecule has 4 atom stereocenters. The maximum absolute atomic E-state index is 13.6. The number of nitrogens with one attached hydrogen (secondary N) is 3. The summed E-state index contributed by atoms with van der Waals surface area (Å²) in [6.45, 7) is 5.24. The van der Waals surface area contributed by atoms with Gasteiger partial charge in [-0.15, -0.1) is 0 Å². The summed E-state index contributed by atoms with van der Waals surface area (Å²) >= 11 is 0. The van der Waals surface area contributed by atoms with Gasteiger partial charge >= 0.3 is 21.6 Å². The van der Waals surface area contributed by atoms with Crippen LogP contribution in [0.15, 0.2) is 12.2 Å². The normalized spacial score (nSPS) is 29.3. The van der Waals surface area contributed by atoms with Crippen molar-refractivity contribution in [1.82, 2.24) is 20.3 Å². The molecule has 3 N–H and O–H groups in total. The first-order chi connectivity index (χ1) is 19.0. The average molecular weight is 609 g/mol. The smallest absolute Gasteiger partial charge is 0.444 e. The lowest BCUT2D eigenvalue weighted by Gasteiger charge is -2.30. The number of alkyl carbamates (subject to hydrolysis) is 1. The number of carbonyl (C=O) groups excluding carboxylic acids is 4. The molecule has 11 nitrogen and oxygen atoms in total. The summed E-state index contributed by atoms with van der Waals surface area (Å²) in [5, 5.41) is 5.09. The topological polar surface area (TPSA) is 151 Å². The molecule has 0 spiro atoms. The number of sulfonamides is 1. The predicted octanol–water partition coefficient (Wildman–Crippen LogP) is 3.01. The highest BCUT2D eigenvalue weighted by Crippen LogP contribution is 2.46. The van der Waals surface area contributed by atoms with E-state index in [1.165, 1.54) is 4.90 Å². The summed E-state index contributed by atoms with van der Waals surface area (Å²) in [5.41, 5.74) is -8.43. The maximum atomic E-state index is 13.6. The molecule has 1 saturated carbocycles. The van der Waals surface area contributed by atoms with Crippen molar-refractivity contribution in [3.05, 3.63) is 12.2 Å². The number of hydrogen-bond donors (Lipinski definition) is 3. The van der Waals surface area contributed by atoms with E-state index in [4.69, 9.17) is 4.74 Å². The Bertz CT molecular complexity index is 1150. The molecular formula is C26H39F3N4O7S. The van der Waals surface area contributed by atoms with Gasteiger partial charge in [0.05, 0.1) is 0 Å². The minimum Gasteiger partial charge on any atom is -0.444 e. The molecule has 2 heterocycles. The molecule has 1 unspecified atom stereocenters.